The summed E-state index contributed by atoms with van der Waals surface area (Å²) in [5.74, 6) is -1.77. The quantitative estimate of drug-likeness (QED) is 0.686. The van der Waals surface area contributed by atoms with Crippen LogP contribution in [0.15, 0.2) is 18.7 Å². The number of methoxy groups -OCH3 is 1. The van der Waals surface area contributed by atoms with Crippen molar-refractivity contribution in [2.75, 3.05) is 7.11 Å². The third-order valence-electron chi connectivity index (χ3n) is 1.70. The molecule has 1 nitrogen and oxygen atoms in total. The fourth-order valence-electron chi connectivity index (χ4n) is 1.00. The van der Waals surface area contributed by atoms with Crippen LogP contribution < -0.4 is 4.74 Å². The lowest BCUT2D eigenvalue weighted by Crippen LogP contribution is -1.94. The number of rotatable bonds is 2. The third kappa shape index (κ3) is 1.86. The van der Waals surface area contributed by atoms with Crippen molar-refractivity contribution >= 4 is 5.57 Å². The van der Waals surface area contributed by atoms with E-state index in [9.17, 15) is 8.78 Å². The molecule has 0 radical (unpaired) electrons. The Hall–Kier alpha value is -1.38. The average Bonchev–Trinajstić information content (AvgIpc) is 2.03. The number of halogens is 2. The van der Waals surface area contributed by atoms with Crippen LogP contribution in [-0.2, 0) is 0 Å². The summed E-state index contributed by atoms with van der Waals surface area (Å²) in [6.45, 7) is 5.27. The first-order valence-corrected chi connectivity index (χ1v) is 3.75. The SMILES string of the molecule is C=C(C)c1cc(F)c(OC)c(F)c1. The monoisotopic (exact) mass is 184 g/mol. The Labute approximate surface area is 75.6 Å². The number of hydrogen-bond donors (Lipinski definition) is 0. The van der Waals surface area contributed by atoms with Gasteiger partial charge in [-0.2, -0.15) is 0 Å². The maximum atomic E-state index is 13.1. The first kappa shape index (κ1) is 9.71. The molecule has 1 aromatic carbocycles. The summed E-state index contributed by atoms with van der Waals surface area (Å²) in [4.78, 5) is 0. The zero-order valence-electron chi connectivity index (χ0n) is 7.53. The Morgan fingerprint density at radius 1 is 1.31 bits per heavy atom. The summed E-state index contributed by atoms with van der Waals surface area (Å²) in [6.07, 6.45) is 0. The molecule has 0 saturated heterocycles. The van der Waals surface area contributed by atoms with Gasteiger partial charge >= 0.3 is 0 Å². The molecule has 3 heteroatoms. The van der Waals surface area contributed by atoms with Crippen LogP contribution in [0.25, 0.3) is 5.57 Å². The summed E-state index contributed by atoms with van der Waals surface area (Å²) in [5.41, 5.74) is 1.05. The molecule has 0 unspecified atom stereocenters. The fraction of sp³-hybridized carbons (Fsp3) is 0.200. The second kappa shape index (κ2) is 3.56. The average molecular weight is 184 g/mol. The lowest BCUT2D eigenvalue weighted by Gasteiger charge is -2.06. The topological polar surface area (TPSA) is 9.23 Å². The maximum absolute atomic E-state index is 13.1. The molecular weight excluding hydrogens is 174 g/mol. The van der Waals surface area contributed by atoms with Gasteiger partial charge in [-0.3, -0.25) is 0 Å². The van der Waals surface area contributed by atoms with Crippen molar-refractivity contribution < 1.29 is 13.5 Å². The molecule has 0 bridgehead atoms. The van der Waals surface area contributed by atoms with E-state index >= 15 is 0 Å². The number of allylic oxidation sites excluding steroid dienone is 1. The molecule has 13 heavy (non-hydrogen) atoms. The number of benzene rings is 1. The van der Waals surface area contributed by atoms with Crippen LogP contribution in [-0.4, -0.2) is 7.11 Å². The van der Waals surface area contributed by atoms with Gasteiger partial charge in [0, 0.05) is 0 Å². The standard InChI is InChI=1S/C10H10F2O/c1-6(2)7-4-8(11)10(13-3)9(12)5-7/h4-5H,1H2,2-3H3. The van der Waals surface area contributed by atoms with Gasteiger partial charge in [0.25, 0.3) is 0 Å². The van der Waals surface area contributed by atoms with E-state index in [1.165, 1.54) is 19.2 Å². The molecule has 70 valence electrons. The first-order chi connectivity index (χ1) is 6.06. The van der Waals surface area contributed by atoms with Crippen LogP contribution in [0.1, 0.15) is 12.5 Å². The van der Waals surface area contributed by atoms with Crippen molar-refractivity contribution in [3.8, 4) is 5.75 Å². The normalized spacial score (nSPS) is 9.85. The lowest BCUT2D eigenvalue weighted by atomic mass is 10.1. The van der Waals surface area contributed by atoms with Gasteiger partial charge in [-0.25, -0.2) is 8.78 Å². The number of ether oxygens (including phenoxy) is 1. The third-order valence-corrected chi connectivity index (χ3v) is 1.70. The van der Waals surface area contributed by atoms with Crippen molar-refractivity contribution in [1.29, 1.82) is 0 Å². The van der Waals surface area contributed by atoms with Crippen LogP contribution >= 0.6 is 0 Å². The first-order valence-electron chi connectivity index (χ1n) is 3.75. The zero-order chi connectivity index (χ0) is 10.0. The van der Waals surface area contributed by atoms with Gasteiger partial charge in [0.1, 0.15) is 0 Å². The molecule has 0 fully saturated rings. The molecule has 0 saturated carbocycles. The van der Waals surface area contributed by atoms with E-state index in [0.29, 0.717) is 11.1 Å². The summed E-state index contributed by atoms with van der Waals surface area (Å²) >= 11 is 0. The van der Waals surface area contributed by atoms with Gasteiger partial charge in [-0.15, -0.1) is 0 Å². The van der Waals surface area contributed by atoms with E-state index in [0.717, 1.165) is 0 Å². The molecular formula is C10H10F2O. The lowest BCUT2D eigenvalue weighted by molar-refractivity contribution is 0.359. The Kier molecular flexibility index (Phi) is 2.66. The molecule has 1 rings (SSSR count). The molecule has 0 heterocycles. The largest absolute Gasteiger partial charge is 0.491 e. The second-order valence-electron chi connectivity index (χ2n) is 2.75. The van der Waals surface area contributed by atoms with Crippen molar-refractivity contribution in [2.24, 2.45) is 0 Å². The fourth-order valence-corrected chi connectivity index (χ4v) is 1.00. The Morgan fingerprint density at radius 3 is 2.08 bits per heavy atom. The molecule has 0 aliphatic rings. The summed E-state index contributed by atoms with van der Waals surface area (Å²) < 4.78 is 30.7. The Bertz CT molecular complexity index is 322. The van der Waals surface area contributed by atoms with Crippen molar-refractivity contribution in [3.63, 3.8) is 0 Å². The minimum Gasteiger partial charge on any atom is -0.491 e. The molecule has 0 spiro atoms. The highest BCUT2D eigenvalue weighted by Crippen LogP contribution is 2.25. The van der Waals surface area contributed by atoms with Gasteiger partial charge < -0.3 is 4.74 Å². The molecule has 0 aliphatic heterocycles. The highest BCUT2D eigenvalue weighted by Gasteiger charge is 2.11. The van der Waals surface area contributed by atoms with E-state index in [1.54, 1.807) is 6.92 Å². The van der Waals surface area contributed by atoms with Crippen molar-refractivity contribution in [1.82, 2.24) is 0 Å². The van der Waals surface area contributed by atoms with Gasteiger partial charge in [0.05, 0.1) is 7.11 Å². The number of hydrogen-bond acceptors (Lipinski definition) is 1. The van der Waals surface area contributed by atoms with E-state index in [4.69, 9.17) is 0 Å². The van der Waals surface area contributed by atoms with Crippen molar-refractivity contribution in [2.45, 2.75) is 6.92 Å². The van der Waals surface area contributed by atoms with Crippen LogP contribution in [0.3, 0.4) is 0 Å². The molecule has 0 amide bonds. The van der Waals surface area contributed by atoms with E-state index in [-0.39, 0.29) is 5.75 Å². The summed E-state index contributed by atoms with van der Waals surface area (Å²) in [7, 11) is 1.22. The van der Waals surface area contributed by atoms with E-state index < -0.39 is 11.6 Å². The van der Waals surface area contributed by atoms with Crippen LogP contribution in [0, 0.1) is 11.6 Å². The zero-order valence-corrected chi connectivity index (χ0v) is 7.53. The minimum atomic E-state index is -0.708. The minimum absolute atomic E-state index is 0.356. The summed E-state index contributed by atoms with van der Waals surface area (Å²) in [6, 6.07) is 2.40. The van der Waals surface area contributed by atoms with Crippen LogP contribution in [0.4, 0.5) is 8.78 Å². The molecule has 0 aliphatic carbocycles. The van der Waals surface area contributed by atoms with Gasteiger partial charge in [0.15, 0.2) is 17.4 Å². The molecule has 0 atom stereocenters. The summed E-state index contributed by atoms with van der Waals surface area (Å²) in [5, 5.41) is 0. The van der Waals surface area contributed by atoms with Gasteiger partial charge in [-0.1, -0.05) is 12.2 Å². The van der Waals surface area contributed by atoms with Crippen LogP contribution in [0.2, 0.25) is 0 Å². The highest BCUT2D eigenvalue weighted by atomic mass is 19.1. The maximum Gasteiger partial charge on any atom is 0.190 e. The predicted octanol–water partition coefficient (Wildman–Crippen LogP) is 3.01. The molecule has 0 aromatic heterocycles. The van der Waals surface area contributed by atoms with E-state index in [2.05, 4.69) is 11.3 Å². The van der Waals surface area contributed by atoms with E-state index in [1.807, 2.05) is 0 Å². The van der Waals surface area contributed by atoms with Crippen molar-refractivity contribution in [3.05, 3.63) is 35.9 Å². The van der Waals surface area contributed by atoms with Gasteiger partial charge in [-0.05, 0) is 24.6 Å². The Balaban J connectivity index is 3.28. The Morgan fingerprint density at radius 2 is 1.77 bits per heavy atom. The predicted molar refractivity (Wildman–Crippen MR) is 47.6 cm³/mol. The van der Waals surface area contributed by atoms with Gasteiger partial charge in [0.2, 0.25) is 0 Å². The van der Waals surface area contributed by atoms with Crippen LogP contribution in [0.5, 0.6) is 5.75 Å². The second-order valence-corrected chi connectivity index (χ2v) is 2.75. The smallest absolute Gasteiger partial charge is 0.190 e. The highest BCUT2D eigenvalue weighted by molar-refractivity contribution is 5.62. The molecule has 0 N–H and O–H groups in total. The molecule has 1 aromatic rings.